The Bertz CT molecular complexity index is 546. The number of benzene rings is 1. The summed E-state index contributed by atoms with van der Waals surface area (Å²) in [6.45, 7) is 5.13. The van der Waals surface area contributed by atoms with Crippen LogP contribution in [0.3, 0.4) is 0 Å². The number of hydrogen-bond donors (Lipinski definition) is 1. The van der Waals surface area contributed by atoms with E-state index < -0.39 is 0 Å². The third-order valence-corrected chi connectivity index (χ3v) is 3.38. The van der Waals surface area contributed by atoms with Crippen LogP contribution >= 0.6 is 0 Å². The SMILES string of the molecule is CCNC(c1ccc(N(C)C)cc1)c1cncc(C)c1. The van der Waals surface area contributed by atoms with Gasteiger partial charge in [0, 0.05) is 32.2 Å². The fourth-order valence-electron chi connectivity index (χ4n) is 2.33. The van der Waals surface area contributed by atoms with Gasteiger partial charge >= 0.3 is 0 Å². The van der Waals surface area contributed by atoms with Gasteiger partial charge in [0.15, 0.2) is 0 Å². The summed E-state index contributed by atoms with van der Waals surface area (Å²) in [4.78, 5) is 6.42. The molecule has 0 radical (unpaired) electrons. The van der Waals surface area contributed by atoms with E-state index in [1.165, 1.54) is 22.4 Å². The first kappa shape index (κ1) is 14.5. The lowest BCUT2D eigenvalue weighted by Gasteiger charge is -2.20. The molecule has 1 atom stereocenters. The number of hydrogen-bond acceptors (Lipinski definition) is 3. The number of pyridine rings is 1. The summed E-state index contributed by atoms with van der Waals surface area (Å²) < 4.78 is 0. The average Bonchev–Trinajstić information content (AvgIpc) is 2.45. The third kappa shape index (κ3) is 3.36. The molecule has 0 saturated heterocycles. The molecular formula is C17H23N3. The lowest BCUT2D eigenvalue weighted by molar-refractivity contribution is 0.628. The number of rotatable bonds is 5. The summed E-state index contributed by atoms with van der Waals surface area (Å²) in [7, 11) is 4.11. The van der Waals surface area contributed by atoms with E-state index in [9.17, 15) is 0 Å². The van der Waals surface area contributed by atoms with Crippen LogP contribution < -0.4 is 10.2 Å². The van der Waals surface area contributed by atoms with Gasteiger partial charge in [-0.2, -0.15) is 0 Å². The minimum Gasteiger partial charge on any atom is -0.378 e. The van der Waals surface area contributed by atoms with Crippen LogP contribution in [0.5, 0.6) is 0 Å². The van der Waals surface area contributed by atoms with Crippen molar-refractivity contribution in [2.75, 3.05) is 25.5 Å². The van der Waals surface area contributed by atoms with Gasteiger partial charge < -0.3 is 10.2 Å². The lowest BCUT2D eigenvalue weighted by Crippen LogP contribution is -2.22. The molecule has 1 unspecified atom stereocenters. The smallest absolute Gasteiger partial charge is 0.0592 e. The molecule has 0 saturated carbocycles. The third-order valence-electron chi connectivity index (χ3n) is 3.38. The van der Waals surface area contributed by atoms with Crippen molar-refractivity contribution in [1.82, 2.24) is 10.3 Å². The van der Waals surface area contributed by atoms with Crippen molar-refractivity contribution >= 4 is 5.69 Å². The van der Waals surface area contributed by atoms with E-state index in [4.69, 9.17) is 0 Å². The van der Waals surface area contributed by atoms with Crippen molar-refractivity contribution in [3.8, 4) is 0 Å². The summed E-state index contributed by atoms with van der Waals surface area (Å²) >= 11 is 0. The molecule has 20 heavy (non-hydrogen) atoms. The average molecular weight is 269 g/mol. The first-order valence-corrected chi connectivity index (χ1v) is 7.04. The molecule has 106 valence electrons. The molecule has 0 fully saturated rings. The van der Waals surface area contributed by atoms with Crippen molar-refractivity contribution in [3.63, 3.8) is 0 Å². The maximum atomic E-state index is 4.31. The summed E-state index contributed by atoms with van der Waals surface area (Å²) in [5, 5.41) is 3.54. The molecule has 1 heterocycles. The summed E-state index contributed by atoms with van der Waals surface area (Å²) in [5.41, 5.74) is 4.89. The van der Waals surface area contributed by atoms with Gasteiger partial charge in [-0.3, -0.25) is 4.98 Å². The number of nitrogens with zero attached hydrogens (tertiary/aromatic N) is 2. The van der Waals surface area contributed by atoms with E-state index in [0.29, 0.717) is 0 Å². The van der Waals surface area contributed by atoms with Crippen molar-refractivity contribution < 1.29 is 0 Å². The molecule has 0 aliphatic carbocycles. The van der Waals surface area contributed by atoms with Gasteiger partial charge in [0.2, 0.25) is 0 Å². The number of nitrogens with one attached hydrogen (secondary N) is 1. The summed E-state index contributed by atoms with van der Waals surface area (Å²) in [6.07, 6.45) is 3.84. The van der Waals surface area contributed by atoms with E-state index in [2.05, 4.69) is 73.5 Å². The second-order valence-electron chi connectivity index (χ2n) is 5.27. The van der Waals surface area contributed by atoms with Gasteiger partial charge in [-0.05, 0) is 42.3 Å². The zero-order chi connectivity index (χ0) is 14.5. The quantitative estimate of drug-likeness (QED) is 0.903. The Balaban J connectivity index is 2.33. The van der Waals surface area contributed by atoms with Gasteiger partial charge in [-0.25, -0.2) is 0 Å². The molecule has 0 spiro atoms. The molecule has 0 aliphatic heterocycles. The summed E-state index contributed by atoms with van der Waals surface area (Å²) in [5.74, 6) is 0. The number of aromatic nitrogens is 1. The molecule has 0 amide bonds. The van der Waals surface area contributed by atoms with Crippen LogP contribution in [0.1, 0.15) is 29.7 Å². The zero-order valence-corrected chi connectivity index (χ0v) is 12.7. The molecule has 1 N–H and O–H groups in total. The predicted molar refractivity (Wildman–Crippen MR) is 85.3 cm³/mol. The predicted octanol–water partition coefficient (Wildman–Crippen LogP) is 3.15. The molecule has 2 rings (SSSR count). The molecule has 3 heteroatoms. The fraction of sp³-hybridized carbons (Fsp3) is 0.353. The Hall–Kier alpha value is -1.87. The van der Waals surface area contributed by atoms with Gasteiger partial charge in [0.1, 0.15) is 0 Å². The van der Waals surface area contributed by atoms with Crippen molar-refractivity contribution in [1.29, 1.82) is 0 Å². The largest absolute Gasteiger partial charge is 0.378 e. The molecule has 0 aliphatic rings. The first-order valence-electron chi connectivity index (χ1n) is 7.04. The topological polar surface area (TPSA) is 28.2 Å². The summed E-state index contributed by atoms with van der Waals surface area (Å²) in [6, 6.07) is 11.1. The molecule has 1 aromatic heterocycles. The van der Waals surface area contributed by atoms with Crippen molar-refractivity contribution in [2.45, 2.75) is 19.9 Å². The highest BCUT2D eigenvalue weighted by molar-refractivity contribution is 5.47. The minimum atomic E-state index is 0.198. The Morgan fingerprint density at radius 3 is 2.35 bits per heavy atom. The van der Waals surface area contributed by atoms with Crippen LogP contribution in [0.2, 0.25) is 0 Å². The van der Waals surface area contributed by atoms with E-state index in [0.717, 1.165) is 6.54 Å². The van der Waals surface area contributed by atoms with E-state index in [-0.39, 0.29) is 6.04 Å². The van der Waals surface area contributed by atoms with Crippen LogP contribution in [-0.4, -0.2) is 25.6 Å². The Morgan fingerprint density at radius 1 is 1.10 bits per heavy atom. The highest BCUT2D eigenvalue weighted by Gasteiger charge is 2.13. The van der Waals surface area contributed by atoms with Crippen molar-refractivity contribution in [2.24, 2.45) is 0 Å². The fourth-order valence-corrected chi connectivity index (χ4v) is 2.33. The minimum absolute atomic E-state index is 0.198. The highest BCUT2D eigenvalue weighted by Crippen LogP contribution is 2.24. The van der Waals surface area contributed by atoms with Crippen LogP contribution in [0, 0.1) is 6.92 Å². The van der Waals surface area contributed by atoms with Crippen LogP contribution in [0.15, 0.2) is 42.7 Å². The monoisotopic (exact) mass is 269 g/mol. The number of aryl methyl sites for hydroxylation is 1. The standard InChI is InChI=1S/C17H23N3/c1-5-19-17(15-10-13(2)11-18-12-15)14-6-8-16(9-7-14)20(3)4/h6-12,17,19H,5H2,1-4H3. The normalized spacial score (nSPS) is 12.2. The van der Waals surface area contributed by atoms with Gasteiger partial charge in [-0.1, -0.05) is 25.1 Å². The maximum Gasteiger partial charge on any atom is 0.0592 e. The van der Waals surface area contributed by atoms with E-state index >= 15 is 0 Å². The van der Waals surface area contributed by atoms with Crippen LogP contribution in [-0.2, 0) is 0 Å². The molecule has 1 aromatic carbocycles. The Morgan fingerprint density at radius 2 is 1.80 bits per heavy atom. The van der Waals surface area contributed by atoms with Gasteiger partial charge in [0.25, 0.3) is 0 Å². The highest BCUT2D eigenvalue weighted by atomic mass is 15.1. The number of anilines is 1. The molecular weight excluding hydrogens is 246 g/mol. The molecule has 3 nitrogen and oxygen atoms in total. The van der Waals surface area contributed by atoms with E-state index in [1.54, 1.807) is 0 Å². The Labute approximate surface area is 121 Å². The van der Waals surface area contributed by atoms with E-state index in [1.807, 2.05) is 12.4 Å². The lowest BCUT2D eigenvalue weighted by atomic mass is 9.99. The van der Waals surface area contributed by atoms with Gasteiger partial charge in [0.05, 0.1) is 6.04 Å². The second kappa shape index (κ2) is 6.53. The first-order chi connectivity index (χ1) is 9.61. The molecule has 2 aromatic rings. The van der Waals surface area contributed by atoms with Crippen LogP contribution in [0.4, 0.5) is 5.69 Å². The van der Waals surface area contributed by atoms with Crippen molar-refractivity contribution in [3.05, 3.63) is 59.4 Å². The van der Waals surface area contributed by atoms with Gasteiger partial charge in [-0.15, -0.1) is 0 Å². The molecule has 0 bridgehead atoms. The zero-order valence-electron chi connectivity index (χ0n) is 12.7. The maximum absolute atomic E-state index is 4.31. The van der Waals surface area contributed by atoms with Crippen LogP contribution in [0.25, 0.3) is 0 Å². The second-order valence-corrected chi connectivity index (χ2v) is 5.27. The Kier molecular flexibility index (Phi) is 4.74.